The highest BCUT2D eigenvalue weighted by Crippen LogP contribution is 2.17. The molecule has 1 aromatic carbocycles. The van der Waals surface area contributed by atoms with Gasteiger partial charge in [0.05, 0.1) is 0 Å². The van der Waals surface area contributed by atoms with Crippen LogP contribution in [0, 0.1) is 6.07 Å². The van der Waals surface area contributed by atoms with E-state index in [0.717, 1.165) is 5.75 Å². The Bertz CT molecular complexity index is 231. The summed E-state index contributed by atoms with van der Waals surface area (Å²) >= 11 is 4.20. The van der Waals surface area contributed by atoms with Gasteiger partial charge in [-0.15, -0.1) is 0 Å². The molecule has 0 aliphatic carbocycles. The summed E-state index contributed by atoms with van der Waals surface area (Å²) < 4.78 is 5.65. The molecule has 0 aliphatic heterocycles. The lowest BCUT2D eigenvalue weighted by atomic mass is 10.2. The molecule has 0 aromatic heterocycles. The minimum Gasteiger partial charge on any atom is -0.487 e. The van der Waals surface area contributed by atoms with Crippen molar-refractivity contribution >= 4 is 12.6 Å². The van der Waals surface area contributed by atoms with E-state index in [1.165, 1.54) is 0 Å². The Labute approximate surface area is 79.2 Å². The van der Waals surface area contributed by atoms with E-state index in [-0.39, 0.29) is 5.60 Å². The maximum absolute atomic E-state index is 5.65. The average molecular weight is 181 g/mol. The van der Waals surface area contributed by atoms with Crippen LogP contribution in [0.4, 0.5) is 0 Å². The van der Waals surface area contributed by atoms with E-state index in [4.69, 9.17) is 4.74 Å². The second-order valence-electron chi connectivity index (χ2n) is 3.26. The monoisotopic (exact) mass is 181 g/mol. The van der Waals surface area contributed by atoms with Gasteiger partial charge in [0.2, 0.25) is 0 Å². The first-order chi connectivity index (χ1) is 5.64. The van der Waals surface area contributed by atoms with Crippen LogP contribution < -0.4 is 4.74 Å². The summed E-state index contributed by atoms with van der Waals surface area (Å²) in [6.07, 6.45) is 0. The SMILES string of the molecule is CC(C)(CS)Oc1cc[c]cc1. The number of ether oxygens (including phenoxy) is 1. The van der Waals surface area contributed by atoms with Gasteiger partial charge in [-0.2, -0.15) is 12.6 Å². The second kappa shape index (κ2) is 3.85. The van der Waals surface area contributed by atoms with Crippen molar-refractivity contribution in [3.8, 4) is 5.75 Å². The standard InChI is InChI=1S/C10H13OS/c1-10(2,8-12)11-9-6-4-3-5-7-9/h4-7,12H,8H2,1-2H3. The lowest BCUT2D eigenvalue weighted by molar-refractivity contribution is 0.136. The fraction of sp³-hybridized carbons (Fsp3) is 0.400. The Morgan fingerprint density at radius 3 is 2.50 bits per heavy atom. The average Bonchev–Trinajstić information content (AvgIpc) is 2.06. The molecule has 65 valence electrons. The molecule has 0 fully saturated rings. The summed E-state index contributed by atoms with van der Waals surface area (Å²) in [5.41, 5.74) is -0.204. The minimum absolute atomic E-state index is 0.204. The van der Waals surface area contributed by atoms with E-state index in [1.54, 1.807) is 0 Å². The van der Waals surface area contributed by atoms with Crippen molar-refractivity contribution in [3.63, 3.8) is 0 Å². The van der Waals surface area contributed by atoms with E-state index in [0.29, 0.717) is 5.75 Å². The number of benzene rings is 1. The molecule has 12 heavy (non-hydrogen) atoms. The molecule has 2 heteroatoms. The zero-order valence-corrected chi connectivity index (χ0v) is 8.27. The molecule has 0 bridgehead atoms. The highest BCUT2D eigenvalue weighted by atomic mass is 32.1. The quantitative estimate of drug-likeness (QED) is 0.705. The number of hydrogen-bond acceptors (Lipinski definition) is 2. The fourth-order valence-electron chi connectivity index (χ4n) is 0.791. The normalized spacial score (nSPS) is 11.2. The summed E-state index contributed by atoms with van der Waals surface area (Å²) in [5.74, 6) is 1.57. The first-order valence-corrected chi connectivity index (χ1v) is 4.53. The predicted octanol–water partition coefficient (Wildman–Crippen LogP) is 2.57. The van der Waals surface area contributed by atoms with Crippen molar-refractivity contribution in [2.75, 3.05) is 5.75 Å². The first kappa shape index (κ1) is 9.46. The lowest BCUT2D eigenvalue weighted by Gasteiger charge is -2.24. The minimum atomic E-state index is -0.204. The van der Waals surface area contributed by atoms with E-state index in [9.17, 15) is 0 Å². The molecule has 1 nitrogen and oxygen atoms in total. The third-order valence-electron chi connectivity index (χ3n) is 1.46. The second-order valence-corrected chi connectivity index (χ2v) is 3.57. The zero-order valence-electron chi connectivity index (χ0n) is 7.37. The van der Waals surface area contributed by atoms with E-state index in [2.05, 4.69) is 18.7 Å². The number of hydrogen-bond donors (Lipinski definition) is 1. The fourth-order valence-corrected chi connectivity index (χ4v) is 0.856. The third kappa shape index (κ3) is 2.78. The van der Waals surface area contributed by atoms with Crippen LogP contribution in [0.25, 0.3) is 0 Å². The van der Waals surface area contributed by atoms with Gasteiger partial charge in [0.25, 0.3) is 0 Å². The highest BCUT2D eigenvalue weighted by molar-refractivity contribution is 7.80. The maximum Gasteiger partial charge on any atom is 0.120 e. The van der Waals surface area contributed by atoms with Gasteiger partial charge in [-0.25, -0.2) is 0 Å². The molecule has 0 saturated heterocycles. The molecule has 0 unspecified atom stereocenters. The van der Waals surface area contributed by atoms with E-state index >= 15 is 0 Å². The summed E-state index contributed by atoms with van der Waals surface area (Å²) in [4.78, 5) is 0. The smallest absolute Gasteiger partial charge is 0.120 e. The Morgan fingerprint density at radius 1 is 1.42 bits per heavy atom. The Hall–Kier alpha value is -0.630. The first-order valence-electron chi connectivity index (χ1n) is 3.90. The van der Waals surface area contributed by atoms with Crippen molar-refractivity contribution in [1.29, 1.82) is 0 Å². The van der Waals surface area contributed by atoms with Crippen LogP contribution in [0.5, 0.6) is 5.75 Å². The van der Waals surface area contributed by atoms with Crippen LogP contribution in [-0.4, -0.2) is 11.4 Å². The summed E-state index contributed by atoms with van der Waals surface area (Å²) in [6.45, 7) is 4.02. The van der Waals surface area contributed by atoms with Crippen molar-refractivity contribution in [2.24, 2.45) is 0 Å². The molecule has 0 amide bonds. The summed E-state index contributed by atoms with van der Waals surface area (Å²) in [7, 11) is 0. The largest absolute Gasteiger partial charge is 0.487 e. The van der Waals surface area contributed by atoms with Crippen LogP contribution in [0.2, 0.25) is 0 Å². The summed E-state index contributed by atoms with van der Waals surface area (Å²) in [6, 6.07) is 10.4. The molecule has 0 saturated carbocycles. The molecule has 0 heterocycles. The number of rotatable bonds is 3. The Morgan fingerprint density at radius 2 is 2.00 bits per heavy atom. The van der Waals surface area contributed by atoms with Crippen molar-refractivity contribution in [2.45, 2.75) is 19.4 Å². The van der Waals surface area contributed by atoms with Crippen LogP contribution in [-0.2, 0) is 0 Å². The Balaban J connectivity index is 2.64. The molecule has 0 N–H and O–H groups in total. The van der Waals surface area contributed by atoms with Gasteiger partial charge in [0.15, 0.2) is 0 Å². The molecule has 0 spiro atoms. The molecule has 1 aromatic rings. The van der Waals surface area contributed by atoms with Crippen LogP contribution in [0.3, 0.4) is 0 Å². The van der Waals surface area contributed by atoms with Gasteiger partial charge in [-0.05, 0) is 32.0 Å². The summed E-state index contributed by atoms with van der Waals surface area (Å²) in [5, 5.41) is 0. The topological polar surface area (TPSA) is 9.23 Å². The van der Waals surface area contributed by atoms with Gasteiger partial charge in [-0.1, -0.05) is 12.1 Å². The van der Waals surface area contributed by atoms with Gasteiger partial charge in [0, 0.05) is 5.75 Å². The van der Waals surface area contributed by atoms with Crippen molar-refractivity contribution in [3.05, 3.63) is 30.3 Å². The van der Waals surface area contributed by atoms with Gasteiger partial charge in [0.1, 0.15) is 11.4 Å². The van der Waals surface area contributed by atoms with Crippen molar-refractivity contribution < 1.29 is 4.74 Å². The van der Waals surface area contributed by atoms with Crippen LogP contribution >= 0.6 is 12.6 Å². The maximum atomic E-state index is 5.65. The van der Waals surface area contributed by atoms with E-state index in [1.807, 2.05) is 38.1 Å². The third-order valence-corrected chi connectivity index (χ3v) is 2.22. The molecular weight excluding hydrogens is 168 g/mol. The molecule has 0 aliphatic rings. The number of thiol groups is 1. The van der Waals surface area contributed by atoms with Crippen molar-refractivity contribution in [1.82, 2.24) is 0 Å². The van der Waals surface area contributed by atoms with Gasteiger partial charge >= 0.3 is 0 Å². The molecular formula is C10H13OS. The lowest BCUT2D eigenvalue weighted by Crippen LogP contribution is -2.30. The van der Waals surface area contributed by atoms with Crippen LogP contribution in [0.1, 0.15) is 13.8 Å². The van der Waals surface area contributed by atoms with Gasteiger partial charge < -0.3 is 4.74 Å². The molecule has 1 rings (SSSR count). The predicted molar refractivity (Wildman–Crippen MR) is 53.8 cm³/mol. The molecule has 1 radical (unpaired) electrons. The zero-order chi connectivity index (χ0) is 9.03. The molecule has 0 atom stereocenters. The Kier molecular flexibility index (Phi) is 3.04. The van der Waals surface area contributed by atoms with Crippen LogP contribution in [0.15, 0.2) is 24.3 Å². The van der Waals surface area contributed by atoms with E-state index < -0.39 is 0 Å². The highest BCUT2D eigenvalue weighted by Gasteiger charge is 2.16. The van der Waals surface area contributed by atoms with Gasteiger partial charge in [-0.3, -0.25) is 0 Å².